The maximum absolute atomic E-state index is 12.5. The first-order valence-electron chi connectivity index (χ1n) is 7.55. The Labute approximate surface area is 139 Å². The second-order valence-electron chi connectivity index (χ2n) is 5.46. The Morgan fingerprint density at radius 3 is 2.54 bits per heavy atom. The first-order chi connectivity index (χ1) is 11.4. The molecule has 1 amide bonds. The summed E-state index contributed by atoms with van der Waals surface area (Å²) >= 11 is 0. The van der Waals surface area contributed by atoms with Gasteiger partial charge < -0.3 is 10.0 Å². The van der Waals surface area contributed by atoms with E-state index in [1.54, 1.807) is 13.8 Å². The van der Waals surface area contributed by atoms with Crippen molar-refractivity contribution >= 4 is 11.6 Å². The molecule has 0 aliphatic carbocycles. The number of aromatic nitrogens is 2. The van der Waals surface area contributed by atoms with Crippen LogP contribution >= 0.6 is 0 Å². The van der Waals surface area contributed by atoms with Gasteiger partial charge in [-0.25, -0.2) is 0 Å². The number of aryl methyl sites for hydroxylation is 1. The minimum absolute atomic E-state index is 0.0698. The molecule has 2 rings (SSSR count). The van der Waals surface area contributed by atoms with Gasteiger partial charge in [0.05, 0.1) is 11.5 Å². The molecule has 0 spiro atoms. The molecule has 1 heterocycles. The highest BCUT2D eigenvalue weighted by atomic mass is 16.6. The van der Waals surface area contributed by atoms with E-state index in [4.69, 9.17) is 0 Å². The Morgan fingerprint density at radius 1 is 1.33 bits per heavy atom. The first kappa shape index (κ1) is 17.6. The van der Waals surface area contributed by atoms with Gasteiger partial charge in [-0.2, -0.15) is 5.10 Å². The molecule has 0 saturated heterocycles. The van der Waals surface area contributed by atoms with Gasteiger partial charge in [0.15, 0.2) is 0 Å². The third kappa shape index (κ3) is 3.96. The van der Waals surface area contributed by atoms with Crippen molar-refractivity contribution in [1.82, 2.24) is 14.7 Å². The van der Waals surface area contributed by atoms with Crippen molar-refractivity contribution in [3.63, 3.8) is 0 Å². The molecule has 1 N–H and O–H groups in total. The Bertz CT molecular complexity index is 727. The summed E-state index contributed by atoms with van der Waals surface area (Å²) in [5.41, 5.74) is 1.50. The predicted molar refractivity (Wildman–Crippen MR) is 87.3 cm³/mol. The zero-order valence-corrected chi connectivity index (χ0v) is 13.7. The van der Waals surface area contributed by atoms with Crippen molar-refractivity contribution in [3.05, 3.63) is 57.4 Å². The summed E-state index contributed by atoms with van der Waals surface area (Å²) in [7, 11) is 0. The number of aliphatic hydroxyl groups excluding tert-OH is 1. The normalized spacial score (nSPS) is 10.6. The lowest BCUT2D eigenvalue weighted by molar-refractivity contribution is -0.386. The van der Waals surface area contributed by atoms with Crippen LogP contribution in [-0.2, 0) is 17.9 Å². The molecule has 8 nitrogen and oxygen atoms in total. The summed E-state index contributed by atoms with van der Waals surface area (Å²) < 4.78 is 1.34. The Balaban J connectivity index is 2.16. The van der Waals surface area contributed by atoms with E-state index < -0.39 is 4.92 Å². The van der Waals surface area contributed by atoms with E-state index in [9.17, 15) is 20.0 Å². The van der Waals surface area contributed by atoms with Gasteiger partial charge in [-0.1, -0.05) is 30.3 Å². The summed E-state index contributed by atoms with van der Waals surface area (Å²) in [4.78, 5) is 24.6. The van der Waals surface area contributed by atoms with Gasteiger partial charge in [0.2, 0.25) is 5.91 Å². The number of carbonyl (C=O) groups is 1. The lowest BCUT2D eigenvalue weighted by Crippen LogP contribution is -2.36. The number of nitro groups is 1. The van der Waals surface area contributed by atoms with Gasteiger partial charge >= 0.3 is 5.69 Å². The molecular weight excluding hydrogens is 312 g/mol. The first-order valence-corrected chi connectivity index (χ1v) is 7.55. The van der Waals surface area contributed by atoms with Gasteiger partial charge in [-0.15, -0.1) is 0 Å². The van der Waals surface area contributed by atoms with Crippen molar-refractivity contribution in [3.8, 4) is 0 Å². The maximum Gasteiger partial charge on any atom is 0.312 e. The zero-order chi connectivity index (χ0) is 17.7. The fourth-order valence-electron chi connectivity index (χ4n) is 2.55. The van der Waals surface area contributed by atoms with Crippen molar-refractivity contribution in [2.24, 2.45) is 0 Å². The average Bonchev–Trinajstić information content (AvgIpc) is 2.82. The Kier molecular flexibility index (Phi) is 5.64. The van der Waals surface area contributed by atoms with Crippen molar-refractivity contribution in [1.29, 1.82) is 0 Å². The summed E-state index contributed by atoms with van der Waals surface area (Å²) in [5, 5.41) is 24.3. The number of benzene rings is 1. The largest absolute Gasteiger partial charge is 0.395 e. The SMILES string of the molecule is Cc1nn(CC(=O)N(CCO)Cc2ccccc2)c(C)c1[N+](=O)[O-]. The topological polar surface area (TPSA) is 102 Å². The quantitative estimate of drug-likeness (QED) is 0.610. The molecular formula is C16H20N4O4. The molecule has 2 aromatic rings. The molecule has 24 heavy (non-hydrogen) atoms. The highest BCUT2D eigenvalue weighted by molar-refractivity contribution is 5.76. The Morgan fingerprint density at radius 2 is 2.00 bits per heavy atom. The number of rotatable bonds is 7. The maximum atomic E-state index is 12.5. The van der Waals surface area contributed by atoms with E-state index in [-0.39, 0.29) is 37.0 Å². The molecule has 0 aliphatic heterocycles. The van der Waals surface area contributed by atoms with Crippen molar-refractivity contribution in [2.45, 2.75) is 26.9 Å². The molecule has 0 unspecified atom stereocenters. The lowest BCUT2D eigenvalue weighted by atomic mass is 10.2. The molecule has 1 aromatic carbocycles. The summed E-state index contributed by atoms with van der Waals surface area (Å²) in [6, 6.07) is 9.43. The molecule has 0 bridgehead atoms. The lowest BCUT2D eigenvalue weighted by Gasteiger charge is -2.22. The van der Waals surface area contributed by atoms with Gasteiger partial charge in [0.25, 0.3) is 0 Å². The van der Waals surface area contributed by atoms with E-state index in [1.165, 1.54) is 9.58 Å². The third-order valence-corrected chi connectivity index (χ3v) is 3.75. The van der Waals surface area contributed by atoms with Crippen LogP contribution in [0.2, 0.25) is 0 Å². The fraction of sp³-hybridized carbons (Fsp3) is 0.375. The van der Waals surface area contributed by atoms with Gasteiger partial charge in [0.1, 0.15) is 17.9 Å². The van der Waals surface area contributed by atoms with Crippen LogP contribution < -0.4 is 0 Å². The number of aliphatic hydroxyl groups is 1. The van der Waals surface area contributed by atoms with Crippen LogP contribution in [0.4, 0.5) is 5.69 Å². The van der Waals surface area contributed by atoms with E-state index in [0.717, 1.165) is 5.56 Å². The molecule has 0 fully saturated rings. The van der Waals surface area contributed by atoms with Gasteiger partial charge in [0, 0.05) is 13.1 Å². The predicted octanol–water partition coefficient (Wildman–Crippen LogP) is 1.43. The minimum atomic E-state index is -0.492. The molecule has 0 radical (unpaired) electrons. The molecule has 0 aliphatic rings. The third-order valence-electron chi connectivity index (χ3n) is 3.75. The second kappa shape index (κ2) is 7.69. The van der Waals surface area contributed by atoms with E-state index >= 15 is 0 Å². The number of nitrogens with zero attached hydrogens (tertiary/aromatic N) is 4. The average molecular weight is 332 g/mol. The van der Waals surface area contributed by atoms with Crippen LogP contribution in [-0.4, -0.2) is 43.8 Å². The number of hydrogen-bond donors (Lipinski definition) is 1. The van der Waals surface area contributed by atoms with E-state index in [1.807, 2.05) is 30.3 Å². The molecule has 128 valence electrons. The van der Waals surface area contributed by atoms with Crippen LogP contribution in [0.25, 0.3) is 0 Å². The minimum Gasteiger partial charge on any atom is -0.395 e. The molecule has 0 saturated carbocycles. The summed E-state index contributed by atoms with van der Waals surface area (Å²) in [6.45, 7) is 3.40. The smallest absolute Gasteiger partial charge is 0.312 e. The molecule has 1 aromatic heterocycles. The Hall–Kier alpha value is -2.74. The summed E-state index contributed by atoms with van der Waals surface area (Å²) in [5.74, 6) is -0.256. The molecule has 0 atom stereocenters. The number of hydrogen-bond acceptors (Lipinski definition) is 5. The highest BCUT2D eigenvalue weighted by Gasteiger charge is 2.24. The van der Waals surface area contributed by atoms with Crippen molar-refractivity contribution in [2.75, 3.05) is 13.2 Å². The van der Waals surface area contributed by atoms with Crippen LogP contribution in [0.5, 0.6) is 0 Å². The van der Waals surface area contributed by atoms with Crippen molar-refractivity contribution < 1.29 is 14.8 Å². The summed E-state index contributed by atoms with van der Waals surface area (Å²) in [6.07, 6.45) is 0. The van der Waals surface area contributed by atoms with Gasteiger partial charge in [-0.05, 0) is 19.4 Å². The van der Waals surface area contributed by atoms with Crippen LogP contribution in [0.15, 0.2) is 30.3 Å². The van der Waals surface area contributed by atoms with Crippen LogP contribution in [0.3, 0.4) is 0 Å². The van der Waals surface area contributed by atoms with Crippen LogP contribution in [0, 0.1) is 24.0 Å². The van der Waals surface area contributed by atoms with E-state index in [0.29, 0.717) is 12.2 Å². The number of carbonyl (C=O) groups excluding carboxylic acids is 1. The zero-order valence-electron chi connectivity index (χ0n) is 13.7. The number of amides is 1. The monoisotopic (exact) mass is 332 g/mol. The standard InChI is InChI=1S/C16H20N4O4/c1-12-16(20(23)24)13(2)19(17-12)11-15(22)18(8-9-21)10-14-6-4-3-5-7-14/h3-7,21H,8-11H2,1-2H3. The second-order valence-corrected chi connectivity index (χ2v) is 5.46. The van der Waals surface area contributed by atoms with Gasteiger partial charge in [-0.3, -0.25) is 19.6 Å². The van der Waals surface area contributed by atoms with Crippen LogP contribution in [0.1, 0.15) is 17.0 Å². The van der Waals surface area contributed by atoms with E-state index in [2.05, 4.69) is 5.10 Å². The highest BCUT2D eigenvalue weighted by Crippen LogP contribution is 2.21. The fourth-order valence-corrected chi connectivity index (χ4v) is 2.55. The molecule has 8 heteroatoms.